The quantitative estimate of drug-likeness (QED) is 0.686. The molecule has 1 aliphatic rings. The Hall–Kier alpha value is -2.16. The minimum Gasteiger partial charge on any atom is -0.271 e. The van der Waals surface area contributed by atoms with Crippen molar-refractivity contribution in [1.82, 2.24) is 0 Å². The van der Waals surface area contributed by atoms with E-state index < -0.39 is 11.8 Å². The smallest absolute Gasteiger partial charge is 0.267 e. The summed E-state index contributed by atoms with van der Waals surface area (Å²) in [6, 6.07) is 16.2. The van der Waals surface area contributed by atoms with Crippen LogP contribution in [0.2, 0.25) is 0 Å². The van der Waals surface area contributed by atoms with Crippen molar-refractivity contribution >= 4 is 11.6 Å². The molecule has 1 heterocycles. The number of halogens is 1. The fraction of sp³-hybridized carbons (Fsp3) is 0.0714. The van der Waals surface area contributed by atoms with E-state index in [0.717, 1.165) is 11.1 Å². The molecule has 0 radical (unpaired) electrons. The summed E-state index contributed by atoms with van der Waals surface area (Å²) in [5, 5.41) is 0.243. The van der Waals surface area contributed by atoms with Gasteiger partial charge in [-0.25, -0.2) is 0 Å². The van der Waals surface area contributed by atoms with Gasteiger partial charge in [-0.1, -0.05) is 53.0 Å². The first-order chi connectivity index (χ1) is 8.29. The molecule has 2 aromatic rings. The number of anilines is 1. The molecule has 0 aliphatic carbocycles. The van der Waals surface area contributed by atoms with Crippen LogP contribution in [0.4, 0.5) is 10.2 Å². The molecule has 0 aromatic heterocycles. The Bertz CT molecular complexity index is 567. The fourth-order valence-corrected chi connectivity index (χ4v) is 2.24. The van der Waals surface area contributed by atoms with Crippen molar-refractivity contribution in [3.63, 3.8) is 0 Å². The summed E-state index contributed by atoms with van der Waals surface area (Å²) in [7, 11) is 0. The fourth-order valence-electron chi connectivity index (χ4n) is 2.24. The molecule has 0 bridgehead atoms. The number of benzene rings is 2. The Morgan fingerprint density at radius 3 is 2.35 bits per heavy atom. The van der Waals surface area contributed by atoms with Crippen LogP contribution in [0.3, 0.4) is 0 Å². The Morgan fingerprint density at radius 1 is 0.941 bits per heavy atom. The number of nitrogens with zero attached hydrogens (tertiary/aromatic N) is 1. The van der Waals surface area contributed by atoms with Gasteiger partial charge in [0.2, 0.25) is 0 Å². The standard InChI is InChI=1S/C14H10FNO/c15-16-12-9-5-4-8-11(12)13(14(16)17)10-6-2-1-3-7-10/h1-9,13H. The van der Waals surface area contributed by atoms with Gasteiger partial charge in [-0.05, 0) is 17.2 Å². The maximum Gasteiger partial charge on any atom is 0.267 e. The molecule has 1 aliphatic heterocycles. The van der Waals surface area contributed by atoms with Gasteiger partial charge in [0.05, 0.1) is 11.6 Å². The number of carbonyl (C=O) groups excluding carboxylic acids is 1. The third-order valence-electron chi connectivity index (χ3n) is 3.03. The summed E-state index contributed by atoms with van der Waals surface area (Å²) >= 11 is 0. The molecule has 0 saturated heterocycles. The lowest BCUT2D eigenvalue weighted by Crippen LogP contribution is -2.20. The van der Waals surface area contributed by atoms with Gasteiger partial charge < -0.3 is 0 Å². The first-order valence-electron chi connectivity index (χ1n) is 5.42. The van der Waals surface area contributed by atoms with Crippen molar-refractivity contribution in [2.75, 3.05) is 5.12 Å². The van der Waals surface area contributed by atoms with Gasteiger partial charge in [-0.15, -0.1) is 5.12 Å². The molecule has 2 aromatic carbocycles. The van der Waals surface area contributed by atoms with Crippen LogP contribution in [0.1, 0.15) is 17.0 Å². The number of para-hydroxylation sites is 1. The van der Waals surface area contributed by atoms with E-state index in [9.17, 15) is 9.28 Å². The molecule has 0 N–H and O–H groups in total. The zero-order chi connectivity index (χ0) is 11.8. The van der Waals surface area contributed by atoms with Gasteiger partial charge in [0.25, 0.3) is 5.91 Å². The summed E-state index contributed by atoms with van der Waals surface area (Å²) in [5.41, 5.74) is 1.91. The largest absolute Gasteiger partial charge is 0.271 e. The Morgan fingerprint density at radius 2 is 1.59 bits per heavy atom. The van der Waals surface area contributed by atoms with Crippen LogP contribution in [0, 0.1) is 0 Å². The maximum absolute atomic E-state index is 13.7. The lowest BCUT2D eigenvalue weighted by Gasteiger charge is -2.08. The number of carbonyl (C=O) groups is 1. The molecule has 84 valence electrons. The van der Waals surface area contributed by atoms with Crippen molar-refractivity contribution in [2.24, 2.45) is 0 Å². The van der Waals surface area contributed by atoms with E-state index >= 15 is 0 Å². The first-order valence-corrected chi connectivity index (χ1v) is 5.42. The van der Waals surface area contributed by atoms with E-state index in [0.29, 0.717) is 5.69 Å². The number of amides is 1. The van der Waals surface area contributed by atoms with Gasteiger partial charge >= 0.3 is 0 Å². The minimum absolute atomic E-state index is 0.243. The second kappa shape index (κ2) is 3.70. The number of hydrogen-bond acceptors (Lipinski definition) is 1. The van der Waals surface area contributed by atoms with Crippen LogP contribution in [0.5, 0.6) is 0 Å². The van der Waals surface area contributed by atoms with Crippen molar-refractivity contribution in [2.45, 2.75) is 5.92 Å². The molecule has 1 unspecified atom stereocenters. The highest BCUT2D eigenvalue weighted by Crippen LogP contribution is 2.40. The molecule has 2 nitrogen and oxygen atoms in total. The molecule has 1 atom stereocenters. The Labute approximate surface area is 98.2 Å². The summed E-state index contributed by atoms with van der Waals surface area (Å²) in [5.74, 6) is -1.03. The molecule has 0 saturated carbocycles. The molecule has 3 rings (SSSR count). The average Bonchev–Trinajstić information content (AvgIpc) is 2.64. The maximum atomic E-state index is 13.7. The van der Waals surface area contributed by atoms with Crippen LogP contribution in [0.15, 0.2) is 54.6 Å². The molecule has 17 heavy (non-hydrogen) atoms. The molecule has 3 heteroatoms. The molecule has 1 amide bonds. The highest BCUT2D eigenvalue weighted by atomic mass is 19.2. The van der Waals surface area contributed by atoms with Crippen molar-refractivity contribution < 1.29 is 9.28 Å². The van der Waals surface area contributed by atoms with E-state index in [1.54, 1.807) is 18.2 Å². The van der Waals surface area contributed by atoms with Crippen molar-refractivity contribution in [3.05, 3.63) is 65.7 Å². The third kappa shape index (κ3) is 1.43. The van der Waals surface area contributed by atoms with Crippen LogP contribution in [-0.2, 0) is 4.79 Å². The lowest BCUT2D eigenvalue weighted by molar-refractivity contribution is -0.121. The average molecular weight is 227 g/mol. The molecule has 0 fully saturated rings. The SMILES string of the molecule is O=C1C(c2ccccc2)c2ccccc2N1F. The molecular weight excluding hydrogens is 217 g/mol. The zero-order valence-electron chi connectivity index (χ0n) is 9.01. The molecule has 0 spiro atoms. The van der Waals surface area contributed by atoms with E-state index in [1.165, 1.54) is 0 Å². The summed E-state index contributed by atoms with van der Waals surface area (Å²) in [4.78, 5) is 11.9. The second-order valence-corrected chi connectivity index (χ2v) is 4.02. The Kier molecular flexibility index (Phi) is 2.18. The predicted octanol–water partition coefficient (Wildman–Crippen LogP) is 3.05. The second-order valence-electron chi connectivity index (χ2n) is 4.02. The van der Waals surface area contributed by atoms with E-state index in [-0.39, 0.29) is 5.12 Å². The van der Waals surface area contributed by atoms with Crippen LogP contribution in [-0.4, -0.2) is 5.91 Å². The first kappa shape index (κ1) is 10.0. The van der Waals surface area contributed by atoms with Gasteiger partial charge in [0.15, 0.2) is 0 Å². The normalized spacial score (nSPS) is 18.3. The topological polar surface area (TPSA) is 20.3 Å². The lowest BCUT2D eigenvalue weighted by atomic mass is 9.93. The number of fused-ring (bicyclic) bond motifs is 1. The number of hydrogen-bond donors (Lipinski definition) is 0. The predicted molar refractivity (Wildman–Crippen MR) is 63.3 cm³/mol. The van der Waals surface area contributed by atoms with E-state index in [2.05, 4.69) is 0 Å². The Balaban J connectivity index is 2.16. The van der Waals surface area contributed by atoms with Gasteiger partial charge in [0, 0.05) is 0 Å². The molecular formula is C14H10FNO. The third-order valence-corrected chi connectivity index (χ3v) is 3.03. The van der Waals surface area contributed by atoms with Crippen LogP contribution >= 0.6 is 0 Å². The highest BCUT2D eigenvalue weighted by Gasteiger charge is 2.38. The van der Waals surface area contributed by atoms with Crippen molar-refractivity contribution in [3.8, 4) is 0 Å². The summed E-state index contributed by atoms with van der Waals surface area (Å²) in [6.45, 7) is 0. The van der Waals surface area contributed by atoms with Gasteiger partial charge in [0.1, 0.15) is 0 Å². The summed E-state index contributed by atoms with van der Waals surface area (Å²) < 4.78 is 13.7. The monoisotopic (exact) mass is 227 g/mol. The van der Waals surface area contributed by atoms with E-state index in [1.807, 2.05) is 36.4 Å². The van der Waals surface area contributed by atoms with Gasteiger partial charge in [-0.2, -0.15) is 0 Å². The van der Waals surface area contributed by atoms with E-state index in [4.69, 9.17) is 0 Å². The van der Waals surface area contributed by atoms with Crippen LogP contribution < -0.4 is 5.12 Å². The summed E-state index contributed by atoms with van der Waals surface area (Å²) in [6.07, 6.45) is 0. The van der Waals surface area contributed by atoms with Crippen molar-refractivity contribution in [1.29, 1.82) is 0 Å². The highest BCUT2D eigenvalue weighted by molar-refractivity contribution is 6.05. The van der Waals surface area contributed by atoms with Gasteiger partial charge in [-0.3, -0.25) is 4.79 Å². The minimum atomic E-state index is -0.516. The number of rotatable bonds is 1. The zero-order valence-corrected chi connectivity index (χ0v) is 9.01. The van der Waals surface area contributed by atoms with Crippen LogP contribution in [0.25, 0.3) is 0 Å².